The summed E-state index contributed by atoms with van der Waals surface area (Å²) in [6.07, 6.45) is 0. The van der Waals surface area contributed by atoms with Crippen molar-refractivity contribution in [1.82, 2.24) is 9.88 Å². The van der Waals surface area contributed by atoms with Crippen molar-refractivity contribution in [2.45, 2.75) is 20.4 Å². The number of nitrogens with one attached hydrogen (secondary N) is 1. The summed E-state index contributed by atoms with van der Waals surface area (Å²) in [6, 6.07) is 18.1. The van der Waals surface area contributed by atoms with Crippen LogP contribution in [0.1, 0.15) is 17.5 Å². The van der Waals surface area contributed by atoms with Gasteiger partial charge in [-0.05, 0) is 31.2 Å². The third-order valence-corrected chi connectivity index (χ3v) is 4.90. The van der Waals surface area contributed by atoms with E-state index < -0.39 is 0 Å². The molecule has 5 heteroatoms. The maximum absolute atomic E-state index is 12.5. The fraction of sp³-hybridized carbons (Fsp3) is 0.238. The average Bonchev–Trinajstić information content (AvgIpc) is 3.08. The van der Waals surface area contributed by atoms with E-state index in [9.17, 15) is 4.79 Å². The predicted octanol–water partition coefficient (Wildman–Crippen LogP) is 4.58. The predicted molar refractivity (Wildman–Crippen MR) is 108 cm³/mol. The number of aromatic nitrogens is 1. The monoisotopic (exact) mass is 365 g/mol. The van der Waals surface area contributed by atoms with Crippen LogP contribution < -0.4 is 5.32 Å². The van der Waals surface area contributed by atoms with Crippen LogP contribution in [0, 0.1) is 6.92 Å². The van der Waals surface area contributed by atoms with Gasteiger partial charge in [0.05, 0.1) is 17.2 Å². The minimum absolute atomic E-state index is 0.00519. The Morgan fingerprint density at radius 1 is 1.15 bits per heavy atom. The molecule has 0 aliphatic carbocycles. The van der Waals surface area contributed by atoms with E-state index in [0.29, 0.717) is 6.54 Å². The fourth-order valence-corrected chi connectivity index (χ4v) is 3.40. The lowest BCUT2D eigenvalue weighted by Gasteiger charge is -2.20. The number of aryl methyl sites for hydroxylation is 1. The van der Waals surface area contributed by atoms with E-state index in [1.165, 1.54) is 5.56 Å². The Hall–Kier alpha value is -2.50. The van der Waals surface area contributed by atoms with Crippen LogP contribution in [0.5, 0.6) is 0 Å². The molecule has 0 spiro atoms. The molecule has 3 rings (SSSR count). The van der Waals surface area contributed by atoms with Crippen LogP contribution in [-0.2, 0) is 11.3 Å². The first-order valence-corrected chi connectivity index (χ1v) is 9.60. The maximum Gasteiger partial charge on any atom is 0.238 e. The minimum Gasteiger partial charge on any atom is -0.325 e. The number of benzene rings is 2. The van der Waals surface area contributed by atoms with Gasteiger partial charge >= 0.3 is 0 Å². The van der Waals surface area contributed by atoms with Gasteiger partial charge in [-0.25, -0.2) is 4.98 Å². The number of carbonyl (C=O) groups is 1. The van der Waals surface area contributed by atoms with E-state index in [0.717, 1.165) is 35.0 Å². The van der Waals surface area contributed by atoms with Gasteiger partial charge in [-0.2, -0.15) is 0 Å². The van der Waals surface area contributed by atoms with Crippen LogP contribution in [0.2, 0.25) is 0 Å². The Labute approximate surface area is 158 Å². The van der Waals surface area contributed by atoms with Crippen LogP contribution in [0.4, 0.5) is 5.69 Å². The number of anilines is 1. The molecular weight excluding hydrogens is 342 g/mol. The van der Waals surface area contributed by atoms with Gasteiger partial charge in [0, 0.05) is 23.2 Å². The molecule has 2 aromatic carbocycles. The molecule has 26 heavy (non-hydrogen) atoms. The molecular formula is C21H23N3OS. The zero-order chi connectivity index (χ0) is 18.4. The summed E-state index contributed by atoms with van der Waals surface area (Å²) >= 11 is 1.63. The molecule has 134 valence electrons. The zero-order valence-corrected chi connectivity index (χ0v) is 15.9. The highest BCUT2D eigenvalue weighted by Gasteiger charge is 2.11. The van der Waals surface area contributed by atoms with Crippen molar-refractivity contribution in [3.05, 3.63) is 70.5 Å². The molecule has 0 fully saturated rings. The molecule has 0 unspecified atom stereocenters. The average molecular weight is 366 g/mol. The molecule has 0 saturated carbocycles. The normalized spacial score (nSPS) is 10.9. The van der Waals surface area contributed by atoms with Crippen LogP contribution in [0.25, 0.3) is 11.3 Å². The van der Waals surface area contributed by atoms with Crippen molar-refractivity contribution in [3.63, 3.8) is 0 Å². The van der Waals surface area contributed by atoms with Crippen molar-refractivity contribution in [3.8, 4) is 11.3 Å². The lowest BCUT2D eigenvalue weighted by molar-refractivity contribution is -0.117. The molecule has 3 aromatic rings. The quantitative estimate of drug-likeness (QED) is 0.667. The number of hydrogen-bond donors (Lipinski definition) is 1. The molecule has 1 N–H and O–H groups in total. The summed E-state index contributed by atoms with van der Waals surface area (Å²) in [6.45, 7) is 6.02. The lowest BCUT2D eigenvalue weighted by Crippen LogP contribution is -2.32. The second kappa shape index (κ2) is 8.74. The van der Waals surface area contributed by atoms with E-state index in [4.69, 9.17) is 0 Å². The first-order chi connectivity index (χ1) is 12.6. The standard InChI is InChI=1S/C21H23N3OS/c1-3-24(13-17-8-5-4-6-9-17)14-21(25)23-19-11-7-10-18(12-19)20-15-26-16(2)22-20/h4-12,15H,3,13-14H2,1-2H3,(H,23,25). The third kappa shape index (κ3) is 5.00. The van der Waals surface area contributed by atoms with E-state index in [1.807, 2.05) is 54.8 Å². The van der Waals surface area contributed by atoms with Gasteiger partial charge in [0.25, 0.3) is 0 Å². The summed E-state index contributed by atoms with van der Waals surface area (Å²) in [5.41, 5.74) is 3.98. The third-order valence-electron chi connectivity index (χ3n) is 4.12. The van der Waals surface area contributed by atoms with Crippen LogP contribution >= 0.6 is 11.3 Å². The van der Waals surface area contributed by atoms with E-state index in [1.54, 1.807) is 11.3 Å². The minimum atomic E-state index is -0.00519. The number of thiazole rings is 1. The molecule has 0 saturated heterocycles. The molecule has 1 amide bonds. The maximum atomic E-state index is 12.5. The molecule has 0 radical (unpaired) electrons. The Balaban J connectivity index is 1.62. The Morgan fingerprint density at radius 3 is 2.65 bits per heavy atom. The number of likely N-dealkylation sites (N-methyl/N-ethyl adjacent to an activating group) is 1. The topological polar surface area (TPSA) is 45.2 Å². The van der Waals surface area contributed by atoms with Crippen molar-refractivity contribution < 1.29 is 4.79 Å². The molecule has 1 heterocycles. The number of amides is 1. The molecule has 0 aliphatic heterocycles. The van der Waals surface area contributed by atoms with Gasteiger partial charge in [0.15, 0.2) is 0 Å². The van der Waals surface area contributed by atoms with Gasteiger partial charge in [-0.1, -0.05) is 49.4 Å². The Kier molecular flexibility index (Phi) is 6.15. The second-order valence-corrected chi connectivity index (χ2v) is 7.23. The second-order valence-electron chi connectivity index (χ2n) is 6.17. The van der Waals surface area contributed by atoms with E-state index in [2.05, 4.69) is 34.3 Å². The summed E-state index contributed by atoms with van der Waals surface area (Å²) in [5.74, 6) is -0.00519. The number of carbonyl (C=O) groups excluding carboxylic acids is 1. The highest BCUT2D eigenvalue weighted by atomic mass is 32.1. The lowest BCUT2D eigenvalue weighted by atomic mass is 10.1. The summed E-state index contributed by atoms with van der Waals surface area (Å²) in [4.78, 5) is 19.1. The summed E-state index contributed by atoms with van der Waals surface area (Å²) in [7, 11) is 0. The van der Waals surface area contributed by atoms with Crippen LogP contribution in [-0.4, -0.2) is 28.9 Å². The fourth-order valence-electron chi connectivity index (χ4n) is 2.78. The molecule has 0 aliphatic rings. The van der Waals surface area contributed by atoms with Gasteiger partial charge in [0.2, 0.25) is 5.91 Å². The summed E-state index contributed by atoms with van der Waals surface area (Å²) in [5, 5.41) is 6.08. The van der Waals surface area contributed by atoms with Crippen LogP contribution in [0.3, 0.4) is 0 Å². The highest BCUT2D eigenvalue weighted by Crippen LogP contribution is 2.24. The van der Waals surface area contributed by atoms with Crippen molar-refractivity contribution >= 4 is 22.9 Å². The molecule has 4 nitrogen and oxygen atoms in total. The Morgan fingerprint density at radius 2 is 1.96 bits per heavy atom. The van der Waals surface area contributed by atoms with Crippen LogP contribution in [0.15, 0.2) is 60.0 Å². The van der Waals surface area contributed by atoms with Gasteiger partial charge in [-0.3, -0.25) is 9.69 Å². The SMILES string of the molecule is CCN(CC(=O)Nc1cccc(-c2csc(C)n2)c1)Cc1ccccc1. The molecule has 0 atom stereocenters. The smallest absolute Gasteiger partial charge is 0.238 e. The summed E-state index contributed by atoms with van der Waals surface area (Å²) < 4.78 is 0. The molecule has 0 bridgehead atoms. The largest absolute Gasteiger partial charge is 0.325 e. The number of hydrogen-bond acceptors (Lipinski definition) is 4. The highest BCUT2D eigenvalue weighted by molar-refractivity contribution is 7.09. The number of nitrogens with zero attached hydrogens (tertiary/aromatic N) is 2. The van der Waals surface area contributed by atoms with Gasteiger partial charge in [0.1, 0.15) is 0 Å². The molecule has 1 aromatic heterocycles. The van der Waals surface area contributed by atoms with E-state index >= 15 is 0 Å². The first kappa shape index (κ1) is 18.3. The van der Waals surface area contributed by atoms with Crippen molar-refractivity contribution in [1.29, 1.82) is 0 Å². The zero-order valence-electron chi connectivity index (χ0n) is 15.1. The van der Waals surface area contributed by atoms with Crippen molar-refractivity contribution in [2.24, 2.45) is 0 Å². The van der Waals surface area contributed by atoms with Gasteiger partial charge < -0.3 is 5.32 Å². The van der Waals surface area contributed by atoms with Gasteiger partial charge in [-0.15, -0.1) is 11.3 Å². The van der Waals surface area contributed by atoms with E-state index in [-0.39, 0.29) is 5.91 Å². The first-order valence-electron chi connectivity index (χ1n) is 8.72. The number of rotatable bonds is 7. The van der Waals surface area contributed by atoms with Crippen molar-refractivity contribution in [2.75, 3.05) is 18.4 Å². The Bertz CT molecular complexity index is 860.